The molecule has 2 aromatic rings. The van der Waals surface area contributed by atoms with Gasteiger partial charge < -0.3 is 14.6 Å². The molecule has 1 fully saturated rings. The number of aromatic nitrogens is 2. The SMILES string of the molecule is CC1(C)CC(Oc2ccc3onnc3c2)CC(C)(C)N1. The van der Waals surface area contributed by atoms with E-state index < -0.39 is 0 Å². The fourth-order valence-corrected chi connectivity index (χ4v) is 3.34. The second kappa shape index (κ2) is 4.45. The van der Waals surface area contributed by atoms with E-state index in [1.165, 1.54) is 0 Å². The molecule has 2 heterocycles. The van der Waals surface area contributed by atoms with E-state index in [2.05, 4.69) is 43.4 Å². The van der Waals surface area contributed by atoms with Crippen LogP contribution in [-0.2, 0) is 0 Å². The summed E-state index contributed by atoms with van der Waals surface area (Å²) in [6, 6.07) is 5.65. The lowest BCUT2D eigenvalue weighted by atomic mass is 9.81. The Hall–Kier alpha value is -1.62. The number of benzene rings is 1. The van der Waals surface area contributed by atoms with Crippen molar-refractivity contribution in [2.24, 2.45) is 0 Å². The Labute approximate surface area is 118 Å². The normalized spacial score (nSPS) is 22.0. The Morgan fingerprint density at radius 1 is 1.20 bits per heavy atom. The molecule has 1 aliphatic rings. The zero-order valence-corrected chi connectivity index (χ0v) is 12.4. The smallest absolute Gasteiger partial charge is 0.187 e. The van der Waals surface area contributed by atoms with Gasteiger partial charge in [-0.2, -0.15) is 0 Å². The van der Waals surface area contributed by atoms with Gasteiger partial charge in [0, 0.05) is 35.3 Å². The van der Waals surface area contributed by atoms with Crippen LogP contribution in [0.4, 0.5) is 0 Å². The maximum Gasteiger partial charge on any atom is 0.187 e. The highest BCUT2D eigenvalue weighted by atomic mass is 16.5. The minimum absolute atomic E-state index is 0.0754. The molecule has 0 bridgehead atoms. The number of hydrogen-bond acceptors (Lipinski definition) is 5. The van der Waals surface area contributed by atoms with Gasteiger partial charge in [-0.15, -0.1) is 5.10 Å². The molecule has 0 aliphatic carbocycles. The van der Waals surface area contributed by atoms with E-state index in [9.17, 15) is 0 Å². The molecule has 0 spiro atoms. The Morgan fingerprint density at radius 2 is 1.90 bits per heavy atom. The van der Waals surface area contributed by atoms with Gasteiger partial charge >= 0.3 is 0 Å². The topological polar surface area (TPSA) is 60.2 Å². The lowest BCUT2D eigenvalue weighted by molar-refractivity contribution is 0.0560. The van der Waals surface area contributed by atoms with Gasteiger partial charge in [0.05, 0.1) is 0 Å². The predicted octanol–water partition coefficient (Wildman–Crippen LogP) is 2.91. The van der Waals surface area contributed by atoms with Crippen molar-refractivity contribution in [2.75, 3.05) is 0 Å². The van der Waals surface area contributed by atoms with Crippen molar-refractivity contribution in [3.63, 3.8) is 0 Å². The first-order chi connectivity index (χ1) is 9.33. The zero-order chi connectivity index (χ0) is 14.4. The van der Waals surface area contributed by atoms with Crippen LogP contribution in [0.3, 0.4) is 0 Å². The summed E-state index contributed by atoms with van der Waals surface area (Å²) >= 11 is 0. The summed E-state index contributed by atoms with van der Waals surface area (Å²) in [7, 11) is 0. The maximum absolute atomic E-state index is 6.15. The highest BCUT2D eigenvalue weighted by Crippen LogP contribution is 2.31. The molecule has 5 heteroatoms. The van der Waals surface area contributed by atoms with Crippen LogP contribution >= 0.6 is 0 Å². The molecule has 108 valence electrons. The summed E-state index contributed by atoms with van der Waals surface area (Å²) in [5.41, 5.74) is 1.57. The standard InChI is InChI=1S/C15H21N3O2/c1-14(2)8-11(9-15(3,4)17-14)19-10-5-6-13-12(7-10)16-18-20-13/h5-7,11,17H,8-9H2,1-4H3. The van der Waals surface area contributed by atoms with E-state index in [1.54, 1.807) is 0 Å². The lowest BCUT2D eigenvalue weighted by Crippen LogP contribution is -2.60. The summed E-state index contributed by atoms with van der Waals surface area (Å²) in [5, 5.41) is 11.1. The Bertz CT molecular complexity index is 602. The van der Waals surface area contributed by atoms with E-state index >= 15 is 0 Å². The predicted molar refractivity (Wildman–Crippen MR) is 76.7 cm³/mol. The highest BCUT2D eigenvalue weighted by Gasteiger charge is 2.38. The summed E-state index contributed by atoms with van der Waals surface area (Å²) < 4.78 is 11.2. The molecule has 0 amide bonds. The van der Waals surface area contributed by atoms with Crippen LogP contribution in [0, 0.1) is 0 Å². The van der Waals surface area contributed by atoms with E-state index in [-0.39, 0.29) is 17.2 Å². The molecule has 0 saturated carbocycles. The minimum Gasteiger partial charge on any atom is -0.490 e. The molecule has 3 rings (SSSR count). The van der Waals surface area contributed by atoms with E-state index in [0.717, 1.165) is 24.1 Å². The van der Waals surface area contributed by atoms with E-state index in [4.69, 9.17) is 9.26 Å². The van der Waals surface area contributed by atoms with Crippen LogP contribution in [-0.4, -0.2) is 27.6 Å². The van der Waals surface area contributed by atoms with Gasteiger partial charge in [0.1, 0.15) is 17.4 Å². The number of fused-ring (bicyclic) bond motifs is 1. The molecule has 1 aromatic carbocycles. The maximum atomic E-state index is 6.15. The van der Waals surface area contributed by atoms with Crippen molar-refractivity contribution in [2.45, 2.75) is 57.7 Å². The molecule has 5 nitrogen and oxygen atoms in total. The molecule has 20 heavy (non-hydrogen) atoms. The monoisotopic (exact) mass is 275 g/mol. The average molecular weight is 275 g/mol. The van der Waals surface area contributed by atoms with Gasteiger partial charge in [-0.05, 0) is 39.8 Å². The first-order valence-electron chi connectivity index (χ1n) is 7.01. The summed E-state index contributed by atoms with van der Waals surface area (Å²) in [5.74, 6) is 0.826. The van der Waals surface area contributed by atoms with E-state index in [0.29, 0.717) is 5.58 Å². The molecule has 0 radical (unpaired) electrons. The molecule has 1 aromatic heterocycles. The molecule has 1 aliphatic heterocycles. The van der Waals surface area contributed by atoms with E-state index in [1.807, 2.05) is 18.2 Å². The Kier molecular flexibility index (Phi) is 2.97. The number of hydrogen-bond donors (Lipinski definition) is 1. The molecular weight excluding hydrogens is 254 g/mol. The van der Waals surface area contributed by atoms with Crippen molar-refractivity contribution in [3.8, 4) is 5.75 Å². The van der Waals surface area contributed by atoms with Crippen molar-refractivity contribution >= 4 is 11.1 Å². The van der Waals surface area contributed by atoms with Crippen LogP contribution in [0.1, 0.15) is 40.5 Å². The van der Waals surface area contributed by atoms with Gasteiger partial charge in [-0.1, -0.05) is 0 Å². The number of piperidine rings is 1. The lowest BCUT2D eigenvalue weighted by Gasteiger charge is -2.46. The van der Waals surface area contributed by atoms with Gasteiger partial charge in [0.2, 0.25) is 0 Å². The Balaban J connectivity index is 1.79. The summed E-state index contributed by atoms with van der Waals surface area (Å²) in [6.45, 7) is 8.87. The van der Waals surface area contributed by atoms with Crippen molar-refractivity contribution < 1.29 is 9.26 Å². The third-order valence-electron chi connectivity index (χ3n) is 3.67. The van der Waals surface area contributed by atoms with Crippen LogP contribution in [0.5, 0.6) is 5.75 Å². The van der Waals surface area contributed by atoms with Crippen molar-refractivity contribution in [1.82, 2.24) is 15.7 Å². The van der Waals surface area contributed by atoms with Gasteiger partial charge in [-0.3, -0.25) is 0 Å². The van der Waals surface area contributed by atoms with Crippen LogP contribution in [0.15, 0.2) is 22.7 Å². The molecule has 0 unspecified atom stereocenters. The third-order valence-corrected chi connectivity index (χ3v) is 3.67. The third kappa shape index (κ3) is 2.77. The summed E-state index contributed by atoms with van der Waals surface area (Å²) in [6.07, 6.45) is 2.15. The quantitative estimate of drug-likeness (QED) is 0.913. The fourth-order valence-electron chi connectivity index (χ4n) is 3.34. The Morgan fingerprint density at radius 3 is 2.60 bits per heavy atom. The number of ether oxygens (including phenoxy) is 1. The van der Waals surface area contributed by atoms with Crippen LogP contribution < -0.4 is 10.1 Å². The molecule has 0 atom stereocenters. The second-order valence-electron chi connectivity index (χ2n) is 6.94. The van der Waals surface area contributed by atoms with Crippen molar-refractivity contribution in [3.05, 3.63) is 18.2 Å². The van der Waals surface area contributed by atoms with Crippen LogP contribution in [0.25, 0.3) is 11.1 Å². The van der Waals surface area contributed by atoms with Crippen molar-refractivity contribution in [1.29, 1.82) is 0 Å². The molecule has 1 saturated heterocycles. The zero-order valence-electron chi connectivity index (χ0n) is 12.4. The minimum atomic E-state index is 0.0754. The number of nitrogens with zero attached hydrogens (tertiary/aromatic N) is 2. The first-order valence-corrected chi connectivity index (χ1v) is 7.01. The van der Waals surface area contributed by atoms with Gasteiger partial charge in [0.25, 0.3) is 0 Å². The fraction of sp³-hybridized carbons (Fsp3) is 0.600. The second-order valence-corrected chi connectivity index (χ2v) is 6.94. The van der Waals surface area contributed by atoms with Gasteiger partial charge in [0.15, 0.2) is 5.58 Å². The van der Waals surface area contributed by atoms with Gasteiger partial charge in [-0.25, -0.2) is 0 Å². The summed E-state index contributed by atoms with van der Waals surface area (Å²) in [4.78, 5) is 0. The average Bonchev–Trinajstić information content (AvgIpc) is 2.71. The first kappa shape index (κ1) is 13.4. The molecular formula is C15H21N3O2. The largest absolute Gasteiger partial charge is 0.490 e. The highest BCUT2D eigenvalue weighted by molar-refractivity contribution is 5.73. The molecule has 1 N–H and O–H groups in total. The number of nitrogens with one attached hydrogen (secondary N) is 1. The number of rotatable bonds is 2. The van der Waals surface area contributed by atoms with Crippen LogP contribution in [0.2, 0.25) is 0 Å².